The average molecular weight is 375 g/mol. The highest BCUT2D eigenvalue weighted by molar-refractivity contribution is 6.31. The van der Waals surface area contributed by atoms with Gasteiger partial charge >= 0.3 is 6.03 Å². The lowest BCUT2D eigenvalue weighted by Crippen LogP contribution is -2.47. The van der Waals surface area contributed by atoms with Crippen molar-refractivity contribution in [2.45, 2.75) is 12.5 Å². The average Bonchev–Trinajstić information content (AvgIpc) is 2.68. The molecule has 0 saturated carbocycles. The van der Waals surface area contributed by atoms with Crippen LogP contribution in [0.15, 0.2) is 48.5 Å². The predicted molar refractivity (Wildman–Crippen MR) is 102 cm³/mol. The SMILES string of the molecule is COc1ccccc1CCNC(=O)N1CCOC(c2ccccc2Cl)C1. The number of carbonyl (C=O) groups excluding carboxylic acids is 1. The van der Waals surface area contributed by atoms with E-state index in [1.54, 1.807) is 12.0 Å². The topological polar surface area (TPSA) is 50.8 Å². The number of carbonyl (C=O) groups is 1. The van der Waals surface area contributed by atoms with E-state index >= 15 is 0 Å². The maximum absolute atomic E-state index is 12.5. The van der Waals surface area contributed by atoms with Gasteiger partial charge in [0.2, 0.25) is 0 Å². The van der Waals surface area contributed by atoms with Gasteiger partial charge in [-0.05, 0) is 24.1 Å². The first-order chi connectivity index (χ1) is 12.7. The standard InChI is InChI=1S/C20H23ClN2O3/c1-25-18-9-5-2-6-15(18)10-11-22-20(24)23-12-13-26-19(14-23)16-7-3-4-8-17(16)21/h2-9,19H,10-14H2,1H3,(H,22,24). The molecule has 2 amide bonds. The van der Waals surface area contributed by atoms with E-state index in [1.807, 2.05) is 48.5 Å². The number of nitrogens with zero attached hydrogens (tertiary/aromatic N) is 1. The maximum atomic E-state index is 12.5. The molecule has 0 aliphatic carbocycles. The summed E-state index contributed by atoms with van der Waals surface area (Å²) >= 11 is 6.25. The number of para-hydroxylation sites is 1. The Hall–Kier alpha value is -2.24. The Labute approximate surface area is 158 Å². The molecule has 5 nitrogen and oxygen atoms in total. The fourth-order valence-electron chi connectivity index (χ4n) is 3.08. The van der Waals surface area contributed by atoms with Crippen LogP contribution in [0.25, 0.3) is 0 Å². The predicted octanol–water partition coefficient (Wildman–Crippen LogP) is 3.67. The van der Waals surface area contributed by atoms with E-state index in [9.17, 15) is 4.79 Å². The third-order valence-electron chi connectivity index (χ3n) is 4.47. The summed E-state index contributed by atoms with van der Waals surface area (Å²) in [6.45, 7) is 2.11. The molecule has 138 valence electrons. The van der Waals surface area contributed by atoms with Gasteiger partial charge in [-0.25, -0.2) is 4.79 Å². The Balaban J connectivity index is 1.54. The number of benzene rings is 2. The zero-order valence-electron chi connectivity index (χ0n) is 14.8. The number of methoxy groups -OCH3 is 1. The summed E-state index contributed by atoms with van der Waals surface area (Å²) in [5.41, 5.74) is 1.99. The number of urea groups is 1. The Morgan fingerprint density at radius 1 is 1.27 bits per heavy atom. The highest BCUT2D eigenvalue weighted by Gasteiger charge is 2.26. The van der Waals surface area contributed by atoms with Gasteiger partial charge in [0.25, 0.3) is 0 Å². The van der Waals surface area contributed by atoms with Crippen LogP contribution in [-0.2, 0) is 11.2 Å². The van der Waals surface area contributed by atoms with Crippen LogP contribution in [0, 0.1) is 0 Å². The summed E-state index contributed by atoms with van der Waals surface area (Å²) in [5.74, 6) is 0.840. The molecular weight excluding hydrogens is 352 g/mol. The van der Waals surface area contributed by atoms with E-state index in [-0.39, 0.29) is 12.1 Å². The van der Waals surface area contributed by atoms with Gasteiger partial charge in [-0.3, -0.25) is 0 Å². The summed E-state index contributed by atoms with van der Waals surface area (Å²) < 4.78 is 11.1. The van der Waals surface area contributed by atoms with E-state index < -0.39 is 0 Å². The first-order valence-corrected chi connectivity index (χ1v) is 9.07. The molecule has 0 aromatic heterocycles. The van der Waals surface area contributed by atoms with E-state index in [0.29, 0.717) is 37.7 Å². The van der Waals surface area contributed by atoms with Crippen molar-refractivity contribution in [1.82, 2.24) is 10.2 Å². The number of halogens is 1. The van der Waals surface area contributed by atoms with Gasteiger partial charge < -0.3 is 19.7 Å². The van der Waals surface area contributed by atoms with Crippen LogP contribution in [0.2, 0.25) is 5.02 Å². The molecule has 1 N–H and O–H groups in total. The normalized spacial score (nSPS) is 17.0. The number of amides is 2. The van der Waals surface area contributed by atoms with Crippen LogP contribution < -0.4 is 10.1 Å². The minimum atomic E-state index is -0.197. The second-order valence-corrected chi connectivity index (χ2v) is 6.53. The van der Waals surface area contributed by atoms with Gasteiger partial charge in [0.15, 0.2) is 0 Å². The minimum absolute atomic E-state index is 0.0831. The Kier molecular flexibility index (Phi) is 6.36. The molecule has 6 heteroatoms. The molecule has 1 atom stereocenters. The first kappa shape index (κ1) is 18.5. The van der Waals surface area contributed by atoms with Gasteiger partial charge in [0.1, 0.15) is 11.9 Å². The summed E-state index contributed by atoms with van der Waals surface area (Å²) in [6, 6.07) is 15.3. The smallest absolute Gasteiger partial charge is 0.317 e. The van der Waals surface area contributed by atoms with Crippen LogP contribution in [0.5, 0.6) is 5.75 Å². The van der Waals surface area contributed by atoms with Gasteiger partial charge in [-0.15, -0.1) is 0 Å². The van der Waals surface area contributed by atoms with Crippen molar-refractivity contribution in [2.24, 2.45) is 0 Å². The van der Waals surface area contributed by atoms with E-state index in [1.165, 1.54) is 0 Å². The van der Waals surface area contributed by atoms with Crippen molar-refractivity contribution in [3.05, 3.63) is 64.7 Å². The zero-order chi connectivity index (χ0) is 18.4. The molecule has 3 rings (SSSR count). The van der Waals surface area contributed by atoms with E-state index in [0.717, 1.165) is 16.9 Å². The summed E-state index contributed by atoms with van der Waals surface area (Å²) in [5, 5.41) is 3.64. The van der Waals surface area contributed by atoms with Crippen LogP contribution in [0.3, 0.4) is 0 Å². The summed E-state index contributed by atoms with van der Waals surface area (Å²) in [7, 11) is 1.65. The van der Waals surface area contributed by atoms with Crippen molar-refractivity contribution >= 4 is 17.6 Å². The fourth-order valence-corrected chi connectivity index (χ4v) is 3.34. The molecule has 1 saturated heterocycles. The Morgan fingerprint density at radius 2 is 2.04 bits per heavy atom. The molecule has 1 aliphatic rings. The molecular formula is C20H23ClN2O3. The van der Waals surface area contributed by atoms with Crippen LogP contribution in [0.4, 0.5) is 4.79 Å². The second kappa shape index (κ2) is 8.92. The second-order valence-electron chi connectivity index (χ2n) is 6.12. The van der Waals surface area contributed by atoms with Gasteiger partial charge in [-0.2, -0.15) is 0 Å². The number of hydrogen-bond donors (Lipinski definition) is 1. The highest BCUT2D eigenvalue weighted by atomic mass is 35.5. The van der Waals surface area contributed by atoms with Crippen molar-refractivity contribution in [3.8, 4) is 5.75 Å². The Bertz CT molecular complexity index is 753. The van der Waals surface area contributed by atoms with Gasteiger partial charge in [0, 0.05) is 23.7 Å². The van der Waals surface area contributed by atoms with Crippen molar-refractivity contribution < 1.29 is 14.3 Å². The molecule has 2 aromatic rings. The number of nitrogens with one attached hydrogen (secondary N) is 1. The molecule has 0 radical (unpaired) electrons. The Morgan fingerprint density at radius 3 is 2.85 bits per heavy atom. The maximum Gasteiger partial charge on any atom is 0.317 e. The fraction of sp³-hybridized carbons (Fsp3) is 0.350. The molecule has 1 aliphatic heterocycles. The molecule has 1 fully saturated rings. The van der Waals surface area contributed by atoms with E-state index in [4.69, 9.17) is 21.1 Å². The highest BCUT2D eigenvalue weighted by Crippen LogP contribution is 2.28. The lowest BCUT2D eigenvalue weighted by atomic mass is 10.1. The molecule has 1 heterocycles. The van der Waals surface area contributed by atoms with E-state index in [2.05, 4.69) is 5.32 Å². The molecule has 2 aromatic carbocycles. The molecule has 1 unspecified atom stereocenters. The molecule has 26 heavy (non-hydrogen) atoms. The van der Waals surface area contributed by atoms with Crippen LogP contribution >= 0.6 is 11.6 Å². The quantitative estimate of drug-likeness (QED) is 0.868. The number of morpholine rings is 1. The first-order valence-electron chi connectivity index (χ1n) is 8.69. The zero-order valence-corrected chi connectivity index (χ0v) is 15.5. The van der Waals surface area contributed by atoms with Crippen molar-refractivity contribution in [2.75, 3.05) is 33.4 Å². The summed E-state index contributed by atoms with van der Waals surface area (Å²) in [4.78, 5) is 14.3. The lowest BCUT2D eigenvalue weighted by molar-refractivity contribution is -0.0153. The van der Waals surface area contributed by atoms with Crippen molar-refractivity contribution in [3.63, 3.8) is 0 Å². The van der Waals surface area contributed by atoms with Crippen LogP contribution in [-0.4, -0.2) is 44.3 Å². The summed E-state index contributed by atoms with van der Waals surface area (Å²) in [6.07, 6.45) is 0.519. The minimum Gasteiger partial charge on any atom is -0.496 e. The van der Waals surface area contributed by atoms with Gasteiger partial charge in [-0.1, -0.05) is 48.0 Å². The van der Waals surface area contributed by atoms with Crippen LogP contribution in [0.1, 0.15) is 17.2 Å². The number of hydrogen-bond acceptors (Lipinski definition) is 3. The lowest BCUT2D eigenvalue weighted by Gasteiger charge is -2.33. The number of ether oxygens (including phenoxy) is 2. The monoisotopic (exact) mass is 374 g/mol. The number of rotatable bonds is 5. The van der Waals surface area contributed by atoms with Gasteiger partial charge in [0.05, 0.1) is 20.3 Å². The molecule has 0 spiro atoms. The van der Waals surface area contributed by atoms with Crippen molar-refractivity contribution in [1.29, 1.82) is 0 Å². The largest absolute Gasteiger partial charge is 0.496 e. The third kappa shape index (κ3) is 4.48. The molecule has 0 bridgehead atoms. The third-order valence-corrected chi connectivity index (χ3v) is 4.81.